The van der Waals surface area contributed by atoms with Gasteiger partial charge in [0.15, 0.2) is 0 Å². The van der Waals surface area contributed by atoms with Gasteiger partial charge in [-0.2, -0.15) is 4.98 Å². The Kier molecular flexibility index (Phi) is 6.59. The molecule has 4 N–H and O–H groups in total. The van der Waals surface area contributed by atoms with Crippen LogP contribution in [0.15, 0.2) is 66.7 Å². The molecule has 1 aliphatic rings. The lowest BCUT2D eigenvalue weighted by Gasteiger charge is -2.35. The molecule has 188 valence electrons. The first kappa shape index (κ1) is 24.1. The summed E-state index contributed by atoms with van der Waals surface area (Å²) in [7, 11) is 0. The van der Waals surface area contributed by atoms with Crippen molar-refractivity contribution in [3.8, 4) is 11.1 Å². The number of carbonyl (C=O) groups is 2. The minimum Gasteiger partial charge on any atom is -0.368 e. The second kappa shape index (κ2) is 10.1. The van der Waals surface area contributed by atoms with E-state index in [1.165, 1.54) is 6.92 Å². The molecular formula is C28H29N7O2. The molecule has 9 heteroatoms. The van der Waals surface area contributed by atoms with Crippen molar-refractivity contribution in [1.29, 1.82) is 0 Å². The van der Waals surface area contributed by atoms with E-state index in [-0.39, 0.29) is 17.9 Å². The van der Waals surface area contributed by atoms with Gasteiger partial charge in [0.05, 0.1) is 5.52 Å². The quantitative estimate of drug-likeness (QED) is 0.384. The number of piperazine rings is 1. The van der Waals surface area contributed by atoms with E-state index in [0.29, 0.717) is 26.2 Å². The molecule has 0 aliphatic carbocycles. The van der Waals surface area contributed by atoms with Crippen LogP contribution in [0.5, 0.6) is 0 Å². The van der Waals surface area contributed by atoms with Gasteiger partial charge < -0.3 is 26.2 Å². The molecule has 0 radical (unpaired) electrons. The summed E-state index contributed by atoms with van der Waals surface area (Å²) < 4.78 is 0. The Morgan fingerprint density at radius 1 is 0.838 bits per heavy atom. The predicted octanol–water partition coefficient (Wildman–Crippen LogP) is 4.50. The Morgan fingerprint density at radius 3 is 2.27 bits per heavy atom. The van der Waals surface area contributed by atoms with E-state index in [1.54, 1.807) is 0 Å². The second-order valence-corrected chi connectivity index (χ2v) is 9.17. The number of urea groups is 1. The Balaban J connectivity index is 1.35. The highest BCUT2D eigenvalue weighted by Crippen LogP contribution is 2.31. The molecule has 0 unspecified atom stereocenters. The fourth-order valence-corrected chi connectivity index (χ4v) is 4.55. The lowest BCUT2D eigenvalue weighted by atomic mass is 10.0. The third-order valence-electron chi connectivity index (χ3n) is 6.37. The number of amides is 3. The molecule has 4 aromatic rings. The van der Waals surface area contributed by atoms with Crippen molar-refractivity contribution in [2.45, 2.75) is 13.8 Å². The highest BCUT2D eigenvalue weighted by atomic mass is 16.2. The summed E-state index contributed by atoms with van der Waals surface area (Å²) in [4.78, 5) is 37.1. The summed E-state index contributed by atoms with van der Waals surface area (Å²) in [6, 6.07) is 21.4. The van der Waals surface area contributed by atoms with Crippen molar-refractivity contribution in [3.63, 3.8) is 0 Å². The highest BCUT2D eigenvalue weighted by molar-refractivity contribution is 5.95. The Labute approximate surface area is 215 Å². The van der Waals surface area contributed by atoms with Crippen molar-refractivity contribution < 1.29 is 9.59 Å². The molecule has 5 rings (SSSR count). The smallest absolute Gasteiger partial charge is 0.321 e. The highest BCUT2D eigenvalue weighted by Gasteiger charge is 2.24. The number of nitrogens with zero attached hydrogens (tertiary/aromatic N) is 4. The number of carbonyl (C=O) groups excluding carboxylic acids is 2. The van der Waals surface area contributed by atoms with Gasteiger partial charge in [-0.3, -0.25) is 4.79 Å². The van der Waals surface area contributed by atoms with Gasteiger partial charge in [-0.25, -0.2) is 9.78 Å². The van der Waals surface area contributed by atoms with Crippen molar-refractivity contribution in [3.05, 3.63) is 72.3 Å². The maximum Gasteiger partial charge on any atom is 0.321 e. The van der Waals surface area contributed by atoms with E-state index in [9.17, 15) is 9.59 Å². The molecule has 0 saturated carbocycles. The van der Waals surface area contributed by atoms with Crippen LogP contribution in [0.4, 0.5) is 27.9 Å². The first-order valence-electron chi connectivity index (χ1n) is 12.2. The van der Waals surface area contributed by atoms with Crippen LogP contribution in [0.3, 0.4) is 0 Å². The number of hydrogen-bond donors (Lipinski definition) is 3. The number of nitrogen functional groups attached to an aromatic ring is 1. The van der Waals surface area contributed by atoms with Crippen LogP contribution < -0.4 is 21.3 Å². The van der Waals surface area contributed by atoms with Crippen LogP contribution in [0.25, 0.3) is 22.0 Å². The number of aromatic nitrogens is 2. The third kappa shape index (κ3) is 5.45. The number of benzene rings is 3. The fraction of sp³-hybridized carbons (Fsp3) is 0.214. The zero-order valence-corrected chi connectivity index (χ0v) is 20.9. The summed E-state index contributed by atoms with van der Waals surface area (Å²) in [6.07, 6.45) is 0. The van der Waals surface area contributed by atoms with E-state index >= 15 is 0 Å². The molecule has 1 fully saturated rings. The first-order valence-corrected chi connectivity index (χ1v) is 12.2. The second-order valence-electron chi connectivity index (χ2n) is 9.17. The normalized spacial score (nSPS) is 13.5. The van der Waals surface area contributed by atoms with Crippen molar-refractivity contribution >= 4 is 46.0 Å². The summed E-state index contributed by atoms with van der Waals surface area (Å²) in [6.45, 7) is 5.87. The van der Waals surface area contributed by atoms with Gasteiger partial charge in [0.1, 0.15) is 5.82 Å². The minimum absolute atomic E-state index is 0.106. The summed E-state index contributed by atoms with van der Waals surface area (Å²) >= 11 is 0. The minimum atomic E-state index is -0.109. The SMILES string of the molecule is CC(=O)Nc1ccc(-c2ccc3nc(N)nc(N4CCN(C(=O)Nc5cccc(C)c5)CC4)c3c2)cc1. The van der Waals surface area contributed by atoms with Crippen LogP contribution in [0.2, 0.25) is 0 Å². The number of aryl methyl sites for hydroxylation is 1. The van der Waals surface area contributed by atoms with E-state index in [0.717, 1.165) is 44.8 Å². The number of nitrogens with two attached hydrogens (primary N) is 1. The van der Waals surface area contributed by atoms with Crippen molar-refractivity contribution in [2.75, 3.05) is 47.4 Å². The first-order chi connectivity index (χ1) is 17.9. The Bertz CT molecular complexity index is 1460. The largest absolute Gasteiger partial charge is 0.368 e. The molecule has 0 atom stereocenters. The van der Waals surface area contributed by atoms with Gasteiger partial charge in [0.2, 0.25) is 11.9 Å². The summed E-state index contributed by atoms with van der Waals surface area (Å²) in [5.41, 5.74) is 11.5. The van der Waals surface area contributed by atoms with Crippen LogP contribution in [-0.4, -0.2) is 53.0 Å². The Hall–Kier alpha value is -4.66. The molecule has 1 saturated heterocycles. The van der Waals surface area contributed by atoms with Crippen LogP contribution in [-0.2, 0) is 4.79 Å². The van der Waals surface area contributed by atoms with Gasteiger partial charge in [-0.15, -0.1) is 0 Å². The molecule has 3 amide bonds. The van der Waals surface area contributed by atoms with Crippen LogP contribution in [0, 0.1) is 6.92 Å². The Morgan fingerprint density at radius 2 is 1.57 bits per heavy atom. The maximum atomic E-state index is 12.8. The topological polar surface area (TPSA) is 116 Å². The average molecular weight is 496 g/mol. The van der Waals surface area contributed by atoms with Gasteiger partial charge in [0.25, 0.3) is 0 Å². The lowest BCUT2D eigenvalue weighted by Crippen LogP contribution is -2.50. The molecule has 1 aliphatic heterocycles. The monoisotopic (exact) mass is 495 g/mol. The number of anilines is 4. The van der Waals surface area contributed by atoms with Crippen LogP contribution >= 0.6 is 0 Å². The molecule has 2 heterocycles. The number of fused-ring (bicyclic) bond motifs is 1. The summed E-state index contributed by atoms with van der Waals surface area (Å²) in [5.74, 6) is 0.873. The zero-order chi connectivity index (χ0) is 25.9. The van der Waals surface area contributed by atoms with Gasteiger partial charge in [-0.1, -0.05) is 30.3 Å². The number of rotatable bonds is 4. The molecule has 0 bridgehead atoms. The number of nitrogens with one attached hydrogen (secondary N) is 2. The summed E-state index contributed by atoms with van der Waals surface area (Å²) in [5, 5.41) is 6.67. The predicted molar refractivity (Wildman–Crippen MR) is 148 cm³/mol. The van der Waals surface area contributed by atoms with Crippen molar-refractivity contribution in [2.24, 2.45) is 0 Å². The maximum absolute atomic E-state index is 12.8. The molecule has 3 aromatic carbocycles. The van der Waals surface area contributed by atoms with Gasteiger partial charge in [0, 0.05) is 49.9 Å². The molecule has 37 heavy (non-hydrogen) atoms. The van der Waals surface area contributed by atoms with E-state index in [2.05, 4.69) is 31.6 Å². The van der Waals surface area contributed by atoms with Gasteiger partial charge >= 0.3 is 6.03 Å². The van der Waals surface area contributed by atoms with E-state index < -0.39 is 0 Å². The van der Waals surface area contributed by atoms with Crippen LogP contribution in [0.1, 0.15) is 12.5 Å². The average Bonchev–Trinajstić information content (AvgIpc) is 2.88. The van der Waals surface area contributed by atoms with E-state index in [4.69, 9.17) is 5.73 Å². The molecule has 0 spiro atoms. The molecule has 9 nitrogen and oxygen atoms in total. The molecular weight excluding hydrogens is 466 g/mol. The molecule has 1 aromatic heterocycles. The number of hydrogen-bond acceptors (Lipinski definition) is 6. The fourth-order valence-electron chi connectivity index (χ4n) is 4.55. The standard InChI is InChI=1S/C28H29N7O2/c1-18-4-3-5-23(16-18)31-28(37)35-14-12-34(13-15-35)26-24-17-21(8-11-25(24)32-27(29)33-26)20-6-9-22(10-7-20)30-19(2)36/h3-11,16-17H,12-15H2,1-2H3,(H,30,36)(H,31,37)(H2,29,32,33). The lowest BCUT2D eigenvalue weighted by molar-refractivity contribution is -0.114. The van der Waals surface area contributed by atoms with Crippen molar-refractivity contribution in [1.82, 2.24) is 14.9 Å². The van der Waals surface area contributed by atoms with E-state index in [1.807, 2.05) is 72.5 Å². The van der Waals surface area contributed by atoms with Gasteiger partial charge in [-0.05, 0) is 60.0 Å². The third-order valence-corrected chi connectivity index (χ3v) is 6.37. The zero-order valence-electron chi connectivity index (χ0n) is 20.9.